The molecule has 12 nitrogen and oxygen atoms in total. The van der Waals surface area contributed by atoms with Crippen LogP contribution in [0.5, 0.6) is 0 Å². The zero-order valence-electron chi connectivity index (χ0n) is 22.3. The summed E-state index contributed by atoms with van der Waals surface area (Å²) in [5.74, 6) is -3.11. The summed E-state index contributed by atoms with van der Waals surface area (Å²) in [6.45, 7) is 3.64. The Balaban J connectivity index is 0.00000139. The van der Waals surface area contributed by atoms with E-state index in [0.29, 0.717) is 18.4 Å². The largest absolute Gasteiger partial charge is 0.289 e. The van der Waals surface area contributed by atoms with Crippen LogP contribution in [0.15, 0.2) is 60.8 Å². The molecule has 14 heteroatoms. The molecule has 0 saturated heterocycles. The minimum Gasteiger partial charge on any atom is -0.289 e. The van der Waals surface area contributed by atoms with Gasteiger partial charge in [-0.25, -0.2) is 13.9 Å². The summed E-state index contributed by atoms with van der Waals surface area (Å²) in [7, 11) is -7.49. The van der Waals surface area contributed by atoms with Gasteiger partial charge in [0.2, 0.25) is 21.8 Å². The predicted octanol–water partition coefficient (Wildman–Crippen LogP) is 2.27. The third-order valence-corrected chi connectivity index (χ3v) is 6.18. The Labute approximate surface area is 229 Å². The van der Waals surface area contributed by atoms with E-state index in [0.717, 1.165) is 16.2 Å². The van der Waals surface area contributed by atoms with Gasteiger partial charge in [0.1, 0.15) is 0 Å². The van der Waals surface area contributed by atoms with Crippen molar-refractivity contribution in [3.8, 4) is 0 Å². The summed E-state index contributed by atoms with van der Waals surface area (Å²) in [4.78, 5) is 30.0. The first-order chi connectivity index (χ1) is 18.1. The maximum absolute atomic E-state index is 13.3. The van der Waals surface area contributed by atoms with Gasteiger partial charge in [0.25, 0.3) is 10.1 Å². The summed E-state index contributed by atoms with van der Waals surface area (Å²) in [5, 5.41) is 9.32. The highest BCUT2D eigenvalue weighted by Crippen LogP contribution is 2.26. The zero-order chi connectivity index (χ0) is 29.6. The molecule has 2 amide bonds. The van der Waals surface area contributed by atoms with Gasteiger partial charge in [0.05, 0.1) is 36.6 Å². The van der Waals surface area contributed by atoms with Crippen molar-refractivity contribution in [3.05, 3.63) is 72.1 Å². The molecule has 2 atom stereocenters. The maximum atomic E-state index is 13.3. The highest BCUT2D eigenvalue weighted by Gasteiger charge is 2.35. The Kier molecular flexibility index (Phi) is 13.9. The van der Waals surface area contributed by atoms with E-state index in [4.69, 9.17) is 4.55 Å². The van der Waals surface area contributed by atoms with E-state index in [2.05, 4.69) is 10.4 Å². The number of hydrazine groups is 1. The number of nitrogens with one attached hydrogen (secondary N) is 2. The average Bonchev–Trinajstić information content (AvgIpc) is 2.84. The molecule has 0 unspecified atom stereocenters. The van der Waals surface area contributed by atoms with Crippen LogP contribution >= 0.6 is 0 Å². The molecular weight excluding hydrogens is 548 g/mol. The third kappa shape index (κ3) is 14.5. The van der Waals surface area contributed by atoms with Crippen LogP contribution in [0.25, 0.3) is 6.08 Å². The molecule has 2 aromatic rings. The monoisotopic (exact) mass is 584 g/mol. The van der Waals surface area contributed by atoms with Crippen molar-refractivity contribution in [2.24, 2.45) is 17.8 Å². The Morgan fingerprint density at radius 3 is 2.05 bits per heavy atom. The number of benzene rings is 1. The van der Waals surface area contributed by atoms with E-state index in [1.54, 1.807) is 29.8 Å². The Bertz CT molecular complexity index is 1280. The number of nitrogens with zero attached hydrogens (tertiary/aromatic N) is 2. The van der Waals surface area contributed by atoms with Crippen LogP contribution in [0, 0.1) is 17.8 Å². The number of hydroxylamine groups is 1. The highest BCUT2D eigenvalue weighted by molar-refractivity contribution is 7.88. The summed E-state index contributed by atoms with van der Waals surface area (Å²) in [6.07, 6.45) is 7.29. The second-order valence-corrected chi connectivity index (χ2v) is 12.5. The fourth-order valence-corrected chi connectivity index (χ4v) is 4.12. The first-order valence-corrected chi connectivity index (χ1v) is 15.6. The molecule has 1 aromatic carbocycles. The van der Waals surface area contributed by atoms with Gasteiger partial charge in [0.15, 0.2) is 0 Å². The van der Waals surface area contributed by atoms with Crippen molar-refractivity contribution >= 4 is 38.0 Å². The van der Waals surface area contributed by atoms with Crippen LogP contribution in [-0.4, -0.2) is 60.3 Å². The number of aromatic nitrogens is 1. The number of sulfonamides is 1. The van der Waals surface area contributed by atoms with Crippen molar-refractivity contribution in [2.75, 3.05) is 12.5 Å². The molecule has 0 bridgehead atoms. The quantitative estimate of drug-likeness (QED) is 0.165. The lowest BCUT2D eigenvalue weighted by molar-refractivity contribution is -0.142. The van der Waals surface area contributed by atoms with Crippen LogP contribution in [-0.2, 0) is 36.3 Å². The first kappa shape index (κ1) is 33.9. The lowest BCUT2D eigenvalue weighted by Gasteiger charge is -2.28. The molecule has 0 aliphatic rings. The van der Waals surface area contributed by atoms with Crippen LogP contribution in [0.3, 0.4) is 0 Å². The summed E-state index contributed by atoms with van der Waals surface area (Å²) < 4.78 is 51.4. The SMILES string of the molecule is CC(C)C[C@@H](C(=O)NN(Cc1ccccn1)S(C)(=O)=O)[C@H](C/C=C/c1ccccc1)C(=O)NO.CS(=O)(=O)O. The molecule has 0 aliphatic carbocycles. The topological polar surface area (TPSA) is 183 Å². The Morgan fingerprint density at radius 2 is 1.56 bits per heavy atom. The summed E-state index contributed by atoms with van der Waals surface area (Å²) >= 11 is 0. The minimum atomic E-state index is -3.83. The van der Waals surface area contributed by atoms with Crippen molar-refractivity contribution in [3.63, 3.8) is 0 Å². The van der Waals surface area contributed by atoms with Gasteiger partial charge < -0.3 is 0 Å². The number of rotatable bonds is 12. The summed E-state index contributed by atoms with van der Waals surface area (Å²) in [5.41, 5.74) is 5.48. The van der Waals surface area contributed by atoms with Crippen LogP contribution in [0.2, 0.25) is 0 Å². The lowest BCUT2D eigenvalue weighted by atomic mass is 9.82. The molecule has 4 N–H and O–H groups in total. The number of allylic oxidation sites excluding steroid dienone is 1. The van der Waals surface area contributed by atoms with Crippen LogP contribution in [0.4, 0.5) is 0 Å². The van der Waals surface area contributed by atoms with Crippen molar-refractivity contribution < 1.29 is 36.2 Å². The maximum Gasteiger partial charge on any atom is 0.261 e. The molecule has 0 radical (unpaired) electrons. The number of hydrogen-bond acceptors (Lipinski definition) is 8. The molecule has 1 heterocycles. The second kappa shape index (κ2) is 16.1. The van der Waals surface area contributed by atoms with Crippen LogP contribution < -0.4 is 10.9 Å². The van der Waals surface area contributed by atoms with E-state index in [9.17, 15) is 31.6 Å². The van der Waals surface area contributed by atoms with Gasteiger partial charge in [-0.3, -0.25) is 29.8 Å². The predicted molar refractivity (Wildman–Crippen MR) is 147 cm³/mol. The summed E-state index contributed by atoms with van der Waals surface area (Å²) in [6, 6.07) is 14.5. The van der Waals surface area contributed by atoms with Gasteiger partial charge in [-0.15, -0.1) is 4.41 Å². The smallest absolute Gasteiger partial charge is 0.261 e. The van der Waals surface area contributed by atoms with Crippen molar-refractivity contribution in [1.82, 2.24) is 20.3 Å². The van der Waals surface area contributed by atoms with E-state index >= 15 is 0 Å². The molecule has 1 aromatic heterocycles. The van der Waals surface area contributed by atoms with Gasteiger partial charge >= 0.3 is 0 Å². The van der Waals surface area contributed by atoms with Gasteiger partial charge in [0, 0.05) is 6.20 Å². The lowest BCUT2D eigenvalue weighted by Crippen LogP contribution is -2.50. The van der Waals surface area contributed by atoms with Crippen LogP contribution in [0.1, 0.15) is 37.9 Å². The molecular formula is C25H36N4O8S2. The van der Waals surface area contributed by atoms with Gasteiger partial charge in [-0.05, 0) is 36.5 Å². The van der Waals surface area contributed by atoms with Gasteiger partial charge in [-0.1, -0.05) is 62.4 Å². The molecule has 216 valence electrons. The van der Waals surface area contributed by atoms with Gasteiger partial charge in [-0.2, -0.15) is 8.42 Å². The molecule has 2 rings (SSSR count). The highest BCUT2D eigenvalue weighted by atomic mass is 32.2. The number of pyridine rings is 1. The molecule has 0 aliphatic heterocycles. The molecule has 0 saturated carbocycles. The first-order valence-electron chi connectivity index (χ1n) is 11.9. The molecule has 39 heavy (non-hydrogen) atoms. The fraction of sp³-hybridized carbons (Fsp3) is 0.400. The van der Waals surface area contributed by atoms with Crippen molar-refractivity contribution in [2.45, 2.75) is 33.2 Å². The molecule has 0 fully saturated rings. The van der Waals surface area contributed by atoms with E-state index in [-0.39, 0.29) is 18.9 Å². The normalized spacial score (nSPS) is 13.4. The standard InChI is InChI=1S/C24H32N4O5S.CH4O3S/c1-18(2)16-22(21(24(30)27-31)14-9-12-19-10-5-4-6-11-19)23(29)26-28(34(3,32)33)17-20-13-7-8-15-25-20;1-5(2,3)4/h4-13,15,18,21-22,31H,14,16-17H2,1-3H3,(H,26,29)(H,27,30);1H3,(H,2,3,4)/b12-9+;/t21-,22+;/m0./s1. The Morgan fingerprint density at radius 1 is 0.974 bits per heavy atom. The Hall–Kier alpha value is -3.17. The van der Waals surface area contributed by atoms with E-state index in [1.807, 2.05) is 50.3 Å². The second-order valence-electron chi connectivity index (χ2n) is 9.17. The third-order valence-electron chi connectivity index (χ3n) is 5.16. The van der Waals surface area contributed by atoms with E-state index in [1.165, 1.54) is 6.20 Å². The number of amides is 2. The van der Waals surface area contributed by atoms with Crippen molar-refractivity contribution in [1.29, 1.82) is 0 Å². The van der Waals surface area contributed by atoms with E-state index < -0.39 is 43.8 Å². The number of carbonyl (C=O) groups excluding carboxylic acids is 2. The fourth-order valence-electron chi connectivity index (χ4n) is 3.50. The molecule has 0 spiro atoms. The average molecular weight is 585 g/mol. The number of carbonyl (C=O) groups is 2. The minimum absolute atomic E-state index is 0.0327. The zero-order valence-corrected chi connectivity index (χ0v) is 23.9. The number of hydrogen-bond donors (Lipinski definition) is 4.